The average molecular weight is 412 g/mol. The molecule has 0 fully saturated rings. The standard InChI is InChI=1S/C22H33N7O/c1-6-11-16-30-21-19-20(23-22(24-21)28(9-4)10-5)26-29(25-19)18-14-12-17(13-15-18)27(7-2)8-3/h12-15H,6-11,16H2,1-5H3. The number of nitrogens with zero attached hydrogens (tertiary/aromatic N) is 7. The number of rotatable bonds is 11. The van der Waals surface area contributed by atoms with Gasteiger partial charge in [0.25, 0.3) is 0 Å². The summed E-state index contributed by atoms with van der Waals surface area (Å²) >= 11 is 0. The fraction of sp³-hybridized carbons (Fsp3) is 0.545. The first-order valence-corrected chi connectivity index (χ1v) is 11.0. The molecular weight excluding hydrogens is 378 g/mol. The van der Waals surface area contributed by atoms with Crippen molar-refractivity contribution in [3.05, 3.63) is 24.3 Å². The van der Waals surface area contributed by atoms with Crippen LogP contribution in [0.1, 0.15) is 47.5 Å². The Hall–Kier alpha value is -2.90. The van der Waals surface area contributed by atoms with Crippen LogP contribution in [0.2, 0.25) is 0 Å². The number of unbranched alkanes of at least 4 members (excludes halogenated alkanes) is 1. The van der Waals surface area contributed by atoms with Crippen molar-refractivity contribution in [2.24, 2.45) is 0 Å². The quantitative estimate of drug-likeness (QED) is 0.440. The zero-order chi connectivity index (χ0) is 21.5. The molecular formula is C22H33N7O. The summed E-state index contributed by atoms with van der Waals surface area (Å²) in [7, 11) is 0. The van der Waals surface area contributed by atoms with E-state index in [1.165, 1.54) is 5.69 Å². The minimum Gasteiger partial charge on any atom is -0.476 e. The smallest absolute Gasteiger partial charge is 0.249 e. The molecule has 0 aliphatic carbocycles. The molecule has 8 heteroatoms. The Morgan fingerprint density at radius 1 is 0.833 bits per heavy atom. The normalized spacial score (nSPS) is 11.1. The van der Waals surface area contributed by atoms with Gasteiger partial charge in [-0.25, -0.2) is 0 Å². The highest BCUT2D eigenvalue weighted by Gasteiger charge is 2.18. The third kappa shape index (κ3) is 4.63. The number of hydrogen-bond donors (Lipinski definition) is 0. The van der Waals surface area contributed by atoms with E-state index >= 15 is 0 Å². The van der Waals surface area contributed by atoms with Gasteiger partial charge < -0.3 is 14.5 Å². The Kier molecular flexibility index (Phi) is 7.43. The van der Waals surface area contributed by atoms with E-state index in [1.807, 2.05) is 12.1 Å². The van der Waals surface area contributed by atoms with Crippen LogP contribution in [0.5, 0.6) is 5.88 Å². The lowest BCUT2D eigenvalue weighted by atomic mass is 10.2. The van der Waals surface area contributed by atoms with Crippen LogP contribution < -0.4 is 14.5 Å². The average Bonchev–Trinajstić information content (AvgIpc) is 3.21. The highest BCUT2D eigenvalue weighted by atomic mass is 16.5. The van der Waals surface area contributed by atoms with E-state index in [2.05, 4.69) is 76.7 Å². The first-order chi connectivity index (χ1) is 14.6. The number of anilines is 2. The second kappa shape index (κ2) is 10.2. The molecule has 1 aromatic carbocycles. The van der Waals surface area contributed by atoms with Crippen LogP contribution in [0.4, 0.5) is 11.6 Å². The summed E-state index contributed by atoms with van der Waals surface area (Å²) in [5.41, 5.74) is 3.21. The molecule has 2 aromatic heterocycles. The minimum absolute atomic E-state index is 0.501. The molecule has 0 N–H and O–H groups in total. The molecule has 30 heavy (non-hydrogen) atoms. The lowest BCUT2D eigenvalue weighted by Gasteiger charge is -2.20. The van der Waals surface area contributed by atoms with Gasteiger partial charge in [-0.1, -0.05) is 13.3 Å². The van der Waals surface area contributed by atoms with Crippen LogP contribution in [0, 0.1) is 0 Å². The van der Waals surface area contributed by atoms with E-state index in [1.54, 1.807) is 4.80 Å². The van der Waals surface area contributed by atoms with Crippen molar-refractivity contribution in [2.45, 2.75) is 47.5 Å². The molecule has 162 valence electrons. The molecule has 0 aliphatic rings. The lowest BCUT2D eigenvalue weighted by Crippen LogP contribution is -2.24. The van der Waals surface area contributed by atoms with E-state index in [0.717, 1.165) is 44.7 Å². The van der Waals surface area contributed by atoms with Crippen LogP contribution in [0.25, 0.3) is 16.9 Å². The van der Waals surface area contributed by atoms with Gasteiger partial charge >= 0.3 is 0 Å². The SMILES string of the molecule is CCCCOc1nc(N(CC)CC)nc2nn(-c3ccc(N(CC)CC)cc3)nc12. The van der Waals surface area contributed by atoms with Gasteiger partial charge in [0.2, 0.25) is 17.5 Å². The summed E-state index contributed by atoms with van der Waals surface area (Å²) < 4.78 is 5.97. The molecule has 0 saturated carbocycles. The molecule has 3 rings (SSSR count). The minimum atomic E-state index is 0.501. The number of fused-ring (bicyclic) bond motifs is 1. The maximum atomic E-state index is 5.97. The molecule has 2 heterocycles. The largest absolute Gasteiger partial charge is 0.476 e. The monoisotopic (exact) mass is 411 g/mol. The van der Waals surface area contributed by atoms with Crippen LogP contribution in [0.15, 0.2) is 24.3 Å². The predicted octanol–water partition coefficient (Wildman–Crippen LogP) is 4.08. The van der Waals surface area contributed by atoms with Crippen LogP contribution in [-0.4, -0.2) is 57.7 Å². The van der Waals surface area contributed by atoms with Crippen molar-refractivity contribution in [3.63, 3.8) is 0 Å². The molecule has 0 atom stereocenters. The van der Waals surface area contributed by atoms with Gasteiger partial charge in [0.05, 0.1) is 12.3 Å². The van der Waals surface area contributed by atoms with Crippen molar-refractivity contribution in [1.82, 2.24) is 25.0 Å². The predicted molar refractivity (Wildman–Crippen MR) is 122 cm³/mol. The van der Waals surface area contributed by atoms with Gasteiger partial charge in [0.1, 0.15) is 0 Å². The van der Waals surface area contributed by atoms with E-state index in [-0.39, 0.29) is 0 Å². The Morgan fingerprint density at radius 3 is 2.10 bits per heavy atom. The summed E-state index contributed by atoms with van der Waals surface area (Å²) in [6, 6.07) is 8.26. The van der Waals surface area contributed by atoms with Crippen molar-refractivity contribution in [3.8, 4) is 11.6 Å². The van der Waals surface area contributed by atoms with Crippen molar-refractivity contribution in [2.75, 3.05) is 42.6 Å². The number of hydrogen-bond acceptors (Lipinski definition) is 7. The topological polar surface area (TPSA) is 72.2 Å². The van der Waals surface area contributed by atoms with Crippen molar-refractivity contribution < 1.29 is 4.74 Å². The summed E-state index contributed by atoms with van der Waals surface area (Å²) in [4.78, 5) is 15.3. The summed E-state index contributed by atoms with van der Waals surface area (Å²) in [5.74, 6) is 1.13. The second-order valence-corrected chi connectivity index (χ2v) is 7.05. The third-order valence-electron chi connectivity index (χ3n) is 5.20. The Bertz CT molecular complexity index is 931. The zero-order valence-electron chi connectivity index (χ0n) is 18.8. The molecule has 0 amide bonds. The Morgan fingerprint density at radius 2 is 1.50 bits per heavy atom. The molecule has 3 aromatic rings. The van der Waals surface area contributed by atoms with E-state index in [9.17, 15) is 0 Å². The van der Waals surface area contributed by atoms with E-state index in [0.29, 0.717) is 29.6 Å². The number of ether oxygens (including phenoxy) is 1. The highest BCUT2D eigenvalue weighted by molar-refractivity contribution is 5.76. The Balaban J connectivity index is 1.99. The molecule has 0 bridgehead atoms. The second-order valence-electron chi connectivity index (χ2n) is 7.05. The summed E-state index contributed by atoms with van der Waals surface area (Å²) in [5, 5.41) is 9.28. The van der Waals surface area contributed by atoms with E-state index < -0.39 is 0 Å². The molecule has 0 unspecified atom stereocenters. The molecule has 0 radical (unpaired) electrons. The van der Waals surface area contributed by atoms with Gasteiger partial charge in [-0.05, 0) is 58.4 Å². The van der Waals surface area contributed by atoms with Crippen molar-refractivity contribution in [1.29, 1.82) is 0 Å². The third-order valence-corrected chi connectivity index (χ3v) is 5.20. The lowest BCUT2D eigenvalue weighted by molar-refractivity contribution is 0.300. The summed E-state index contributed by atoms with van der Waals surface area (Å²) in [6.07, 6.45) is 2.02. The number of benzene rings is 1. The fourth-order valence-electron chi connectivity index (χ4n) is 3.34. The van der Waals surface area contributed by atoms with Crippen LogP contribution >= 0.6 is 0 Å². The van der Waals surface area contributed by atoms with E-state index in [4.69, 9.17) is 4.74 Å². The fourth-order valence-corrected chi connectivity index (χ4v) is 3.34. The molecule has 0 spiro atoms. The molecule has 0 saturated heterocycles. The number of aromatic nitrogens is 5. The van der Waals surface area contributed by atoms with Crippen LogP contribution in [0.3, 0.4) is 0 Å². The molecule has 0 aliphatic heterocycles. The maximum Gasteiger partial charge on any atom is 0.249 e. The van der Waals surface area contributed by atoms with Gasteiger partial charge in [-0.15, -0.1) is 15.0 Å². The van der Waals surface area contributed by atoms with Gasteiger partial charge in [-0.3, -0.25) is 0 Å². The summed E-state index contributed by atoms with van der Waals surface area (Å²) in [6.45, 7) is 14.8. The molecule has 8 nitrogen and oxygen atoms in total. The first kappa shape index (κ1) is 21.8. The van der Waals surface area contributed by atoms with Gasteiger partial charge in [-0.2, -0.15) is 9.97 Å². The first-order valence-electron chi connectivity index (χ1n) is 11.0. The van der Waals surface area contributed by atoms with Crippen molar-refractivity contribution >= 4 is 22.8 Å². The maximum absolute atomic E-state index is 5.97. The Labute approximate surface area is 178 Å². The zero-order valence-corrected chi connectivity index (χ0v) is 18.8. The van der Waals surface area contributed by atoms with Crippen LogP contribution in [-0.2, 0) is 0 Å². The van der Waals surface area contributed by atoms with Gasteiger partial charge in [0.15, 0.2) is 5.52 Å². The highest BCUT2D eigenvalue weighted by Crippen LogP contribution is 2.24. The van der Waals surface area contributed by atoms with Gasteiger partial charge in [0, 0.05) is 31.9 Å².